The van der Waals surface area contributed by atoms with Gasteiger partial charge in [-0.25, -0.2) is 4.79 Å². The molecule has 0 saturated heterocycles. The summed E-state index contributed by atoms with van der Waals surface area (Å²) in [6.45, 7) is 5.23. The molecule has 0 unspecified atom stereocenters. The van der Waals surface area contributed by atoms with E-state index in [1.165, 1.54) is 19.3 Å². The number of unbranched alkanes of at least 4 members (excludes halogenated alkanes) is 2. The molecule has 5 nitrogen and oxygen atoms in total. The molecule has 96 valence electrons. The third-order valence-electron chi connectivity index (χ3n) is 1.98. The highest BCUT2D eigenvalue weighted by atomic mass is 16.5. The van der Waals surface area contributed by atoms with Crippen LogP contribution in [-0.4, -0.2) is 50.6 Å². The first kappa shape index (κ1) is 15.3. The quantitative estimate of drug-likeness (QED) is 0.490. The monoisotopic (exact) mass is 233 g/mol. The predicted octanol–water partition coefficient (Wildman–Crippen LogP) is 0.884. The number of aliphatic carboxylic acids is 1. The van der Waals surface area contributed by atoms with Gasteiger partial charge in [-0.2, -0.15) is 0 Å². The van der Waals surface area contributed by atoms with Crippen molar-refractivity contribution in [3.05, 3.63) is 0 Å². The van der Waals surface area contributed by atoms with Crippen LogP contribution in [-0.2, 0) is 14.3 Å². The first-order valence-electron chi connectivity index (χ1n) is 5.85. The molecule has 2 N–H and O–H groups in total. The Morgan fingerprint density at radius 2 is 1.88 bits per heavy atom. The number of hydrogen-bond acceptors (Lipinski definition) is 4. The molecular formula is C11H23NO4. The normalized spacial score (nSPS) is 10.6. The maximum Gasteiger partial charge on any atom is 0.329 e. The highest BCUT2D eigenvalue weighted by Gasteiger charge is 1.95. The molecule has 0 rings (SSSR count). The Bertz CT molecular complexity index is 164. The van der Waals surface area contributed by atoms with Crippen molar-refractivity contribution < 1.29 is 19.4 Å². The molecule has 5 heteroatoms. The van der Waals surface area contributed by atoms with Crippen LogP contribution < -0.4 is 5.32 Å². The van der Waals surface area contributed by atoms with E-state index in [2.05, 4.69) is 12.2 Å². The van der Waals surface area contributed by atoms with E-state index in [9.17, 15) is 4.79 Å². The molecular weight excluding hydrogens is 210 g/mol. The second-order valence-electron chi connectivity index (χ2n) is 3.52. The zero-order chi connectivity index (χ0) is 12.1. The second kappa shape index (κ2) is 12.4. The van der Waals surface area contributed by atoms with E-state index in [1.807, 2.05) is 0 Å². The fourth-order valence-electron chi connectivity index (χ4n) is 1.15. The second-order valence-corrected chi connectivity index (χ2v) is 3.52. The maximum absolute atomic E-state index is 10.1. The zero-order valence-corrected chi connectivity index (χ0v) is 10.0. The summed E-state index contributed by atoms with van der Waals surface area (Å²) in [6.07, 6.45) is 3.70. The smallest absolute Gasteiger partial charge is 0.329 e. The molecule has 0 saturated carbocycles. The van der Waals surface area contributed by atoms with Crippen molar-refractivity contribution in [3.8, 4) is 0 Å². The molecule has 0 aromatic heterocycles. The Kier molecular flexibility index (Phi) is 11.9. The van der Waals surface area contributed by atoms with E-state index in [0.29, 0.717) is 19.8 Å². The van der Waals surface area contributed by atoms with Crippen molar-refractivity contribution in [3.63, 3.8) is 0 Å². The number of ether oxygens (including phenoxy) is 2. The molecule has 0 spiro atoms. The Hall–Kier alpha value is -0.650. The van der Waals surface area contributed by atoms with E-state index in [-0.39, 0.29) is 6.61 Å². The Morgan fingerprint density at radius 3 is 2.56 bits per heavy atom. The van der Waals surface area contributed by atoms with Crippen molar-refractivity contribution in [2.45, 2.75) is 26.2 Å². The summed E-state index contributed by atoms with van der Waals surface area (Å²) in [5.41, 5.74) is 0. The molecule has 16 heavy (non-hydrogen) atoms. The van der Waals surface area contributed by atoms with Gasteiger partial charge < -0.3 is 19.9 Å². The van der Waals surface area contributed by atoms with Crippen molar-refractivity contribution in [2.75, 3.05) is 39.5 Å². The van der Waals surface area contributed by atoms with Crippen LogP contribution in [0.2, 0.25) is 0 Å². The summed E-state index contributed by atoms with van der Waals surface area (Å²) in [5, 5.41) is 11.6. The maximum atomic E-state index is 10.1. The molecule has 0 aromatic carbocycles. The van der Waals surface area contributed by atoms with Crippen molar-refractivity contribution >= 4 is 5.97 Å². The van der Waals surface area contributed by atoms with Crippen LogP contribution in [0.1, 0.15) is 26.2 Å². The van der Waals surface area contributed by atoms with Gasteiger partial charge in [0.2, 0.25) is 0 Å². The van der Waals surface area contributed by atoms with Gasteiger partial charge in [0.25, 0.3) is 0 Å². The number of carbonyl (C=O) groups is 1. The lowest BCUT2D eigenvalue weighted by Gasteiger charge is -2.05. The average Bonchev–Trinajstić information content (AvgIpc) is 2.25. The number of nitrogens with one attached hydrogen (secondary N) is 1. The molecule has 0 aliphatic heterocycles. The molecule has 0 heterocycles. The summed E-state index contributed by atoms with van der Waals surface area (Å²) in [4.78, 5) is 10.1. The largest absolute Gasteiger partial charge is 0.480 e. The van der Waals surface area contributed by atoms with Gasteiger partial charge in [0.15, 0.2) is 0 Å². The van der Waals surface area contributed by atoms with Gasteiger partial charge in [-0.15, -0.1) is 0 Å². The minimum Gasteiger partial charge on any atom is -0.480 e. The lowest BCUT2D eigenvalue weighted by Crippen LogP contribution is -2.22. The standard InChI is InChI=1S/C11H23NO4/c1-2-3-4-5-12-6-7-15-8-9-16-10-11(13)14/h12H,2-10H2,1H3,(H,13,14). The molecule has 0 aliphatic rings. The predicted molar refractivity (Wildman–Crippen MR) is 61.7 cm³/mol. The molecule has 0 atom stereocenters. The fourth-order valence-corrected chi connectivity index (χ4v) is 1.15. The fraction of sp³-hybridized carbons (Fsp3) is 0.909. The van der Waals surface area contributed by atoms with E-state index >= 15 is 0 Å². The minimum absolute atomic E-state index is 0.251. The van der Waals surface area contributed by atoms with Crippen LogP contribution in [0.4, 0.5) is 0 Å². The first-order valence-corrected chi connectivity index (χ1v) is 5.85. The van der Waals surface area contributed by atoms with Crippen molar-refractivity contribution in [1.82, 2.24) is 5.32 Å². The van der Waals surface area contributed by atoms with Gasteiger partial charge in [-0.3, -0.25) is 0 Å². The SMILES string of the molecule is CCCCCNCCOCCOCC(=O)O. The van der Waals surface area contributed by atoms with Gasteiger partial charge in [0, 0.05) is 6.54 Å². The molecule has 0 fully saturated rings. The number of carboxylic acid groups (broad SMARTS) is 1. The Morgan fingerprint density at radius 1 is 1.12 bits per heavy atom. The van der Waals surface area contributed by atoms with Crippen LogP contribution in [0.5, 0.6) is 0 Å². The van der Waals surface area contributed by atoms with Crippen molar-refractivity contribution in [2.24, 2.45) is 0 Å². The summed E-state index contributed by atoms with van der Waals surface area (Å²) in [7, 11) is 0. The van der Waals surface area contributed by atoms with Crippen LogP contribution in [0.15, 0.2) is 0 Å². The van der Waals surface area contributed by atoms with Crippen LogP contribution >= 0.6 is 0 Å². The molecule has 0 aliphatic carbocycles. The van der Waals surface area contributed by atoms with Gasteiger partial charge in [0.1, 0.15) is 6.61 Å². The van der Waals surface area contributed by atoms with E-state index < -0.39 is 5.97 Å². The van der Waals surface area contributed by atoms with Crippen molar-refractivity contribution in [1.29, 1.82) is 0 Å². The lowest BCUT2D eigenvalue weighted by molar-refractivity contribution is -0.142. The number of hydrogen-bond donors (Lipinski definition) is 2. The average molecular weight is 233 g/mol. The minimum atomic E-state index is -0.947. The first-order chi connectivity index (χ1) is 7.77. The number of carboxylic acids is 1. The van der Waals surface area contributed by atoms with E-state index in [1.54, 1.807) is 0 Å². The number of rotatable bonds is 12. The molecule has 0 radical (unpaired) electrons. The summed E-state index contributed by atoms with van der Waals surface area (Å²) >= 11 is 0. The lowest BCUT2D eigenvalue weighted by atomic mass is 10.2. The van der Waals surface area contributed by atoms with Gasteiger partial charge >= 0.3 is 5.97 Å². The van der Waals surface area contributed by atoms with Gasteiger partial charge in [-0.05, 0) is 13.0 Å². The van der Waals surface area contributed by atoms with Gasteiger partial charge in [0.05, 0.1) is 19.8 Å². The van der Waals surface area contributed by atoms with E-state index in [0.717, 1.165) is 13.1 Å². The Labute approximate surface area is 97.1 Å². The summed E-state index contributed by atoms with van der Waals surface area (Å²) < 4.78 is 10.1. The van der Waals surface area contributed by atoms with Gasteiger partial charge in [-0.1, -0.05) is 19.8 Å². The van der Waals surface area contributed by atoms with E-state index in [4.69, 9.17) is 14.6 Å². The molecule has 0 amide bonds. The van der Waals surface area contributed by atoms with Crippen LogP contribution in [0, 0.1) is 0 Å². The summed E-state index contributed by atoms with van der Waals surface area (Å²) in [6, 6.07) is 0. The Balaban J connectivity index is 2.90. The van der Waals surface area contributed by atoms with Crippen LogP contribution in [0.3, 0.4) is 0 Å². The highest BCUT2D eigenvalue weighted by Crippen LogP contribution is 1.90. The van der Waals surface area contributed by atoms with Crippen LogP contribution in [0.25, 0.3) is 0 Å². The third-order valence-corrected chi connectivity index (χ3v) is 1.98. The molecule has 0 bridgehead atoms. The highest BCUT2D eigenvalue weighted by molar-refractivity contribution is 5.67. The molecule has 0 aromatic rings. The topological polar surface area (TPSA) is 67.8 Å². The zero-order valence-electron chi connectivity index (χ0n) is 10.0. The summed E-state index contributed by atoms with van der Waals surface area (Å²) in [5.74, 6) is -0.947. The third kappa shape index (κ3) is 13.4.